The molecule has 0 spiro atoms. The zero-order valence-electron chi connectivity index (χ0n) is 17.5. The molecule has 0 atom stereocenters. The monoisotopic (exact) mass is 464 g/mol. The van der Waals surface area contributed by atoms with Gasteiger partial charge in [-0.05, 0) is 37.3 Å². The lowest BCUT2D eigenvalue weighted by atomic mass is 10.1. The van der Waals surface area contributed by atoms with Gasteiger partial charge in [0, 0.05) is 18.2 Å². The molecule has 1 N–H and O–H groups in total. The molecule has 0 bridgehead atoms. The first-order valence-corrected chi connectivity index (χ1v) is 10.1. The number of methoxy groups -OCH3 is 1. The number of amides is 1. The van der Waals surface area contributed by atoms with Gasteiger partial charge in [0.15, 0.2) is 0 Å². The van der Waals surface area contributed by atoms with Crippen molar-refractivity contribution < 1.29 is 14.5 Å². The second-order valence-corrected chi connectivity index (χ2v) is 7.48. The Balaban J connectivity index is 1.73. The van der Waals surface area contributed by atoms with Crippen molar-refractivity contribution in [2.45, 2.75) is 6.92 Å². The normalized spacial score (nSPS) is 10.8. The van der Waals surface area contributed by atoms with E-state index in [0.29, 0.717) is 28.1 Å². The number of para-hydroxylation sites is 1. The highest BCUT2D eigenvalue weighted by molar-refractivity contribution is 6.34. The van der Waals surface area contributed by atoms with Crippen LogP contribution in [0.1, 0.15) is 16.2 Å². The molecule has 33 heavy (non-hydrogen) atoms. The molecule has 0 aliphatic heterocycles. The van der Waals surface area contributed by atoms with E-state index < -0.39 is 10.8 Å². The fourth-order valence-electron chi connectivity index (χ4n) is 3.46. The molecule has 4 aromatic rings. The van der Waals surface area contributed by atoms with Crippen molar-refractivity contribution in [2.75, 3.05) is 12.4 Å². The Hall–Kier alpha value is -4.24. The van der Waals surface area contributed by atoms with Crippen LogP contribution in [0.4, 0.5) is 11.4 Å². The van der Waals surface area contributed by atoms with E-state index in [2.05, 4.69) is 10.3 Å². The minimum atomic E-state index is -0.643. The van der Waals surface area contributed by atoms with Crippen molar-refractivity contribution in [1.29, 1.82) is 0 Å². The summed E-state index contributed by atoms with van der Waals surface area (Å²) < 4.78 is 6.86. The van der Waals surface area contributed by atoms with Gasteiger partial charge < -0.3 is 10.1 Å². The second-order valence-electron chi connectivity index (χ2n) is 7.08. The highest BCUT2D eigenvalue weighted by atomic mass is 35.5. The van der Waals surface area contributed by atoms with Gasteiger partial charge in [-0.25, -0.2) is 4.98 Å². The highest BCUT2D eigenvalue weighted by Crippen LogP contribution is 2.29. The number of nitrogens with zero attached hydrogens (tertiary/aromatic N) is 3. The molecule has 3 aromatic carbocycles. The first kappa shape index (κ1) is 22.0. The van der Waals surface area contributed by atoms with Gasteiger partial charge in [0.2, 0.25) is 0 Å². The number of nitro benzene ring substituents is 1. The largest absolute Gasteiger partial charge is 0.494 e. The number of hydrogen-bond donors (Lipinski definition) is 1. The third kappa shape index (κ3) is 4.13. The van der Waals surface area contributed by atoms with Gasteiger partial charge in [-0.2, -0.15) is 0 Å². The number of fused-ring (bicyclic) bond motifs is 1. The third-order valence-corrected chi connectivity index (χ3v) is 5.37. The van der Waals surface area contributed by atoms with Crippen LogP contribution in [-0.4, -0.2) is 27.5 Å². The van der Waals surface area contributed by atoms with E-state index in [0.717, 1.165) is 6.07 Å². The minimum absolute atomic E-state index is 0.0530. The van der Waals surface area contributed by atoms with Gasteiger partial charge in [0.1, 0.15) is 11.6 Å². The van der Waals surface area contributed by atoms with Gasteiger partial charge in [-0.15, -0.1) is 0 Å². The smallest absolute Gasteiger partial charge is 0.270 e. The van der Waals surface area contributed by atoms with E-state index in [1.54, 1.807) is 43.3 Å². The molecule has 9 nitrogen and oxygen atoms in total. The average Bonchev–Trinajstić information content (AvgIpc) is 2.80. The number of halogens is 1. The van der Waals surface area contributed by atoms with Crippen LogP contribution in [0.5, 0.6) is 5.75 Å². The molecule has 4 rings (SSSR count). The Labute approximate surface area is 192 Å². The van der Waals surface area contributed by atoms with E-state index in [1.165, 1.54) is 23.8 Å². The molecule has 0 fully saturated rings. The van der Waals surface area contributed by atoms with Gasteiger partial charge in [0.25, 0.3) is 17.2 Å². The quantitative estimate of drug-likeness (QED) is 0.343. The Kier molecular flexibility index (Phi) is 5.80. The molecule has 10 heteroatoms. The number of nitro groups is 1. The fourth-order valence-corrected chi connectivity index (χ4v) is 3.66. The van der Waals surface area contributed by atoms with Gasteiger partial charge in [-0.1, -0.05) is 23.7 Å². The minimum Gasteiger partial charge on any atom is -0.494 e. The number of aryl methyl sites for hydroxylation is 1. The SMILES string of the molecule is COc1cc(-n2c(C)nc3ccccc3c2=O)ccc1NC(=O)c1cc([N+](=O)[O-])ccc1Cl. The van der Waals surface area contributed by atoms with Crippen molar-refractivity contribution >= 4 is 39.8 Å². The van der Waals surface area contributed by atoms with Crippen LogP contribution in [0.3, 0.4) is 0 Å². The summed E-state index contributed by atoms with van der Waals surface area (Å²) in [6, 6.07) is 15.5. The Bertz CT molecular complexity index is 1480. The standard InChI is InChI=1S/C23H17ClN4O5/c1-13-25-19-6-4-3-5-16(19)23(30)27(13)14-8-10-20(21(12-14)33-2)26-22(29)17-11-15(28(31)32)7-9-18(17)24/h3-12H,1-2H3,(H,26,29). The number of nitrogens with one attached hydrogen (secondary N) is 1. The molecule has 0 aliphatic rings. The summed E-state index contributed by atoms with van der Waals surface area (Å²) in [6.45, 7) is 1.72. The van der Waals surface area contributed by atoms with Crippen molar-refractivity contribution in [3.8, 4) is 11.4 Å². The fraction of sp³-hybridized carbons (Fsp3) is 0.0870. The van der Waals surface area contributed by atoms with Gasteiger partial charge in [0.05, 0.1) is 44.9 Å². The van der Waals surface area contributed by atoms with Gasteiger partial charge >= 0.3 is 0 Å². The van der Waals surface area contributed by atoms with Crippen LogP contribution < -0.4 is 15.6 Å². The van der Waals surface area contributed by atoms with E-state index >= 15 is 0 Å². The number of benzene rings is 3. The lowest BCUT2D eigenvalue weighted by molar-refractivity contribution is -0.384. The molecular weight excluding hydrogens is 448 g/mol. The maximum absolute atomic E-state index is 13.1. The molecular formula is C23H17ClN4O5. The molecule has 1 heterocycles. The highest BCUT2D eigenvalue weighted by Gasteiger charge is 2.18. The Morgan fingerprint density at radius 1 is 1.15 bits per heavy atom. The van der Waals surface area contributed by atoms with Gasteiger partial charge in [-0.3, -0.25) is 24.3 Å². The average molecular weight is 465 g/mol. The molecule has 0 aliphatic carbocycles. The number of carbonyl (C=O) groups excluding carboxylic acids is 1. The number of rotatable bonds is 5. The molecule has 0 unspecified atom stereocenters. The number of anilines is 1. The van der Waals surface area contributed by atoms with E-state index in [-0.39, 0.29) is 27.6 Å². The van der Waals surface area contributed by atoms with E-state index in [9.17, 15) is 19.7 Å². The maximum atomic E-state index is 13.1. The Morgan fingerprint density at radius 3 is 2.64 bits per heavy atom. The number of ether oxygens (including phenoxy) is 1. The number of aromatic nitrogens is 2. The van der Waals surface area contributed by atoms with Crippen molar-refractivity contribution in [2.24, 2.45) is 0 Å². The van der Waals surface area contributed by atoms with Crippen LogP contribution in [0.2, 0.25) is 5.02 Å². The zero-order valence-corrected chi connectivity index (χ0v) is 18.3. The summed E-state index contributed by atoms with van der Waals surface area (Å²) >= 11 is 6.06. The summed E-state index contributed by atoms with van der Waals surface area (Å²) in [7, 11) is 1.42. The summed E-state index contributed by atoms with van der Waals surface area (Å²) in [5.74, 6) is 0.123. The third-order valence-electron chi connectivity index (χ3n) is 5.04. The molecule has 0 saturated heterocycles. The topological polar surface area (TPSA) is 116 Å². The van der Waals surface area contributed by atoms with Crippen LogP contribution in [-0.2, 0) is 0 Å². The zero-order chi connectivity index (χ0) is 23.7. The van der Waals surface area contributed by atoms with E-state index in [1.807, 2.05) is 6.07 Å². The van der Waals surface area contributed by atoms with Crippen LogP contribution >= 0.6 is 11.6 Å². The molecule has 0 saturated carbocycles. The molecule has 1 aromatic heterocycles. The Morgan fingerprint density at radius 2 is 1.91 bits per heavy atom. The lowest BCUT2D eigenvalue weighted by Crippen LogP contribution is -2.22. The maximum Gasteiger partial charge on any atom is 0.270 e. The molecule has 1 amide bonds. The summed E-state index contributed by atoms with van der Waals surface area (Å²) in [5, 5.41) is 14.2. The number of hydrogen-bond acceptors (Lipinski definition) is 6. The van der Waals surface area contributed by atoms with Crippen LogP contribution in [0.15, 0.2) is 65.5 Å². The van der Waals surface area contributed by atoms with Crippen LogP contribution in [0, 0.1) is 17.0 Å². The molecule has 0 radical (unpaired) electrons. The van der Waals surface area contributed by atoms with Crippen molar-refractivity contribution in [1.82, 2.24) is 9.55 Å². The predicted octanol–water partition coefficient (Wildman–Crippen LogP) is 4.52. The second kappa shape index (κ2) is 8.71. The van der Waals surface area contributed by atoms with Crippen molar-refractivity contribution in [3.05, 3.63) is 97.5 Å². The lowest BCUT2D eigenvalue weighted by Gasteiger charge is -2.15. The summed E-state index contributed by atoms with van der Waals surface area (Å²) in [6.07, 6.45) is 0. The predicted molar refractivity (Wildman–Crippen MR) is 125 cm³/mol. The first-order chi connectivity index (χ1) is 15.8. The van der Waals surface area contributed by atoms with Crippen LogP contribution in [0.25, 0.3) is 16.6 Å². The number of non-ortho nitro benzene ring substituents is 1. The molecule has 166 valence electrons. The van der Waals surface area contributed by atoms with E-state index in [4.69, 9.17) is 16.3 Å². The summed E-state index contributed by atoms with van der Waals surface area (Å²) in [4.78, 5) is 40.7. The summed E-state index contributed by atoms with van der Waals surface area (Å²) in [5.41, 5.74) is 0.849. The van der Waals surface area contributed by atoms with Crippen molar-refractivity contribution in [3.63, 3.8) is 0 Å². The number of carbonyl (C=O) groups is 1. The first-order valence-electron chi connectivity index (χ1n) is 9.72.